The van der Waals surface area contributed by atoms with E-state index in [1.54, 1.807) is 12.1 Å². The van der Waals surface area contributed by atoms with Crippen molar-refractivity contribution in [1.29, 1.82) is 0 Å². The molecule has 0 aliphatic heterocycles. The van der Waals surface area contributed by atoms with E-state index in [1.807, 2.05) is 0 Å². The van der Waals surface area contributed by atoms with Crippen molar-refractivity contribution in [3.05, 3.63) is 35.6 Å². The van der Waals surface area contributed by atoms with Crippen molar-refractivity contribution in [1.82, 2.24) is 5.32 Å². The van der Waals surface area contributed by atoms with E-state index in [1.165, 1.54) is 12.1 Å². The Labute approximate surface area is 82.1 Å². The zero-order valence-corrected chi connectivity index (χ0v) is 7.79. The van der Waals surface area contributed by atoms with Crippen LogP contribution in [0.25, 0.3) is 0 Å². The topological polar surface area (TPSA) is 55.1 Å². The van der Waals surface area contributed by atoms with E-state index in [-0.39, 0.29) is 11.7 Å². The van der Waals surface area contributed by atoms with Crippen LogP contribution in [0.15, 0.2) is 24.3 Å². The normalized spacial score (nSPS) is 10.1. The molecule has 1 amide bonds. The van der Waals surface area contributed by atoms with Gasteiger partial charge in [0.25, 0.3) is 0 Å². The summed E-state index contributed by atoms with van der Waals surface area (Å²) in [6.07, 6.45) is 0.321. The van der Waals surface area contributed by atoms with Gasteiger partial charge in [-0.25, -0.2) is 4.39 Å². The van der Waals surface area contributed by atoms with Crippen LogP contribution in [0.3, 0.4) is 0 Å². The molecule has 0 aromatic heterocycles. The second-order valence-electron chi connectivity index (χ2n) is 3.02. The zero-order chi connectivity index (χ0) is 10.4. The third-order valence-corrected chi connectivity index (χ3v) is 1.79. The van der Waals surface area contributed by atoms with Crippen molar-refractivity contribution in [3.8, 4) is 0 Å². The van der Waals surface area contributed by atoms with Crippen LogP contribution in [0.5, 0.6) is 0 Å². The number of benzene rings is 1. The highest BCUT2D eigenvalue weighted by Crippen LogP contribution is 2.01. The van der Waals surface area contributed by atoms with Gasteiger partial charge >= 0.3 is 0 Å². The minimum atomic E-state index is -0.323. The molecule has 1 rings (SSSR count). The predicted molar refractivity (Wildman–Crippen MR) is 51.9 cm³/mol. The lowest BCUT2D eigenvalue weighted by atomic mass is 10.2. The molecule has 0 saturated heterocycles. The van der Waals surface area contributed by atoms with Gasteiger partial charge in [-0.2, -0.15) is 0 Å². The second-order valence-corrected chi connectivity index (χ2v) is 3.02. The van der Waals surface area contributed by atoms with Gasteiger partial charge in [0, 0.05) is 19.5 Å². The van der Waals surface area contributed by atoms with Gasteiger partial charge in [-0.05, 0) is 17.7 Å². The molecule has 76 valence electrons. The Morgan fingerprint density at radius 2 is 2.00 bits per heavy atom. The number of rotatable bonds is 5. The number of halogens is 1. The first-order chi connectivity index (χ1) is 6.68. The SMILES string of the molecule is NC(=O)CCNCc1ccc(F)cc1. The highest BCUT2D eigenvalue weighted by Gasteiger charge is 1.95. The molecule has 0 bridgehead atoms. The van der Waals surface area contributed by atoms with E-state index in [0.717, 1.165) is 5.56 Å². The summed E-state index contributed by atoms with van der Waals surface area (Å²) in [5, 5.41) is 3.03. The molecule has 0 aliphatic carbocycles. The quantitative estimate of drug-likeness (QED) is 0.684. The summed E-state index contributed by atoms with van der Waals surface area (Å²) in [5.41, 5.74) is 5.95. The van der Waals surface area contributed by atoms with E-state index in [4.69, 9.17) is 5.73 Å². The smallest absolute Gasteiger partial charge is 0.218 e. The molecule has 1 aromatic rings. The van der Waals surface area contributed by atoms with Crippen LogP contribution in [0.1, 0.15) is 12.0 Å². The molecular weight excluding hydrogens is 183 g/mol. The van der Waals surface area contributed by atoms with Gasteiger partial charge in [0.05, 0.1) is 0 Å². The number of amides is 1. The largest absolute Gasteiger partial charge is 0.370 e. The Morgan fingerprint density at radius 1 is 1.36 bits per heavy atom. The predicted octanol–water partition coefficient (Wildman–Crippen LogP) is 0.791. The van der Waals surface area contributed by atoms with Crippen LogP contribution in [0.4, 0.5) is 4.39 Å². The van der Waals surface area contributed by atoms with Crippen LogP contribution in [0, 0.1) is 5.82 Å². The Kier molecular flexibility index (Phi) is 4.07. The second kappa shape index (κ2) is 5.34. The molecule has 0 fully saturated rings. The maximum atomic E-state index is 12.5. The Bertz CT molecular complexity index is 297. The average molecular weight is 196 g/mol. The number of hydrogen-bond acceptors (Lipinski definition) is 2. The molecule has 0 spiro atoms. The van der Waals surface area contributed by atoms with E-state index in [0.29, 0.717) is 19.5 Å². The third-order valence-electron chi connectivity index (χ3n) is 1.79. The van der Waals surface area contributed by atoms with E-state index in [2.05, 4.69) is 5.32 Å². The number of carbonyl (C=O) groups excluding carboxylic acids is 1. The minimum absolute atomic E-state index is 0.245. The molecule has 0 atom stereocenters. The minimum Gasteiger partial charge on any atom is -0.370 e. The summed E-state index contributed by atoms with van der Waals surface area (Å²) in [6, 6.07) is 6.22. The standard InChI is InChI=1S/C10H13FN2O/c11-9-3-1-8(2-4-9)7-13-6-5-10(12)14/h1-4,13H,5-7H2,(H2,12,14). The van der Waals surface area contributed by atoms with Crippen LogP contribution in [0.2, 0.25) is 0 Å². The molecule has 0 aliphatic rings. The fourth-order valence-corrected chi connectivity index (χ4v) is 1.05. The van der Waals surface area contributed by atoms with Gasteiger partial charge in [-0.1, -0.05) is 12.1 Å². The van der Waals surface area contributed by atoms with E-state index >= 15 is 0 Å². The summed E-state index contributed by atoms with van der Waals surface area (Å²) in [4.78, 5) is 10.4. The van der Waals surface area contributed by atoms with Crippen molar-refractivity contribution in [2.75, 3.05) is 6.54 Å². The van der Waals surface area contributed by atoms with Crippen molar-refractivity contribution in [2.24, 2.45) is 5.73 Å². The maximum absolute atomic E-state index is 12.5. The first kappa shape index (κ1) is 10.7. The monoisotopic (exact) mass is 196 g/mol. The van der Waals surface area contributed by atoms with Gasteiger partial charge in [-0.15, -0.1) is 0 Å². The van der Waals surface area contributed by atoms with Crippen molar-refractivity contribution >= 4 is 5.91 Å². The Balaban J connectivity index is 2.25. The van der Waals surface area contributed by atoms with Gasteiger partial charge in [0.1, 0.15) is 5.82 Å². The van der Waals surface area contributed by atoms with E-state index < -0.39 is 0 Å². The molecule has 0 heterocycles. The maximum Gasteiger partial charge on any atom is 0.218 e. The first-order valence-corrected chi connectivity index (χ1v) is 4.42. The highest BCUT2D eigenvalue weighted by molar-refractivity contribution is 5.73. The third kappa shape index (κ3) is 4.00. The number of primary amides is 1. The molecule has 3 N–H and O–H groups in total. The lowest BCUT2D eigenvalue weighted by Gasteiger charge is -2.02. The number of nitrogens with one attached hydrogen (secondary N) is 1. The molecule has 14 heavy (non-hydrogen) atoms. The first-order valence-electron chi connectivity index (χ1n) is 4.42. The van der Waals surface area contributed by atoms with Crippen molar-refractivity contribution < 1.29 is 9.18 Å². The fourth-order valence-electron chi connectivity index (χ4n) is 1.05. The summed E-state index contributed by atoms with van der Waals surface area (Å²) in [5.74, 6) is -0.567. The summed E-state index contributed by atoms with van der Waals surface area (Å²) in [7, 11) is 0. The number of nitrogens with two attached hydrogens (primary N) is 1. The summed E-state index contributed by atoms with van der Waals surface area (Å²) >= 11 is 0. The van der Waals surface area contributed by atoms with Gasteiger partial charge in [0.15, 0.2) is 0 Å². The van der Waals surface area contributed by atoms with Gasteiger partial charge in [-0.3, -0.25) is 4.79 Å². The highest BCUT2D eigenvalue weighted by atomic mass is 19.1. The lowest BCUT2D eigenvalue weighted by Crippen LogP contribution is -2.21. The summed E-state index contributed by atoms with van der Waals surface area (Å²) < 4.78 is 12.5. The van der Waals surface area contributed by atoms with Crippen molar-refractivity contribution in [2.45, 2.75) is 13.0 Å². The van der Waals surface area contributed by atoms with E-state index in [9.17, 15) is 9.18 Å². The fraction of sp³-hybridized carbons (Fsp3) is 0.300. The molecule has 0 saturated carbocycles. The lowest BCUT2D eigenvalue weighted by molar-refractivity contribution is -0.117. The van der Waals surface area contributed by atoms with Crippen LogP contribution in [-0.4, -0.2) is 12.5 Å². The van der Waals surface area contributed by atoms with Crippen molar-refractivity contribution in [3.63, 3.8) is 0 Å². The van der Waals surface area contributed by atoms with Crippen LogP contribution < -0.4 is 11.1 Å². The van der Waals surface area contributed by atoms with Gasteiger partial charge < -0.3 is 11.1 Å². The Morgan fingerprint density at radius 3 is 2.57 bits per heavy atom. The molecule has 1 aromatic carbocycles. The molecule has 4 heteroatoms. The number of hydrogen-bond donors (Lipinski definition) is 2. The molecule has 0 unspecified atom stereocenters. The molecular formula is C10H13FN2O. The van der Waals surface area contributed by atoms with Crippen LogP contribution in [-0.2, 0) is 11.3 Å². The number of carbonyl (C=O) groups is 1. The molecule has 3 nitrogen and oxygen atoms in total. The van der Waals surface area contributed by atoms with Gasteiger partial charge in [0.2, 0.25) is 5.91 Å². The average Bonchev–Trinajstić information content (AvgIpc) is 2.15. The summed E-state index contributed by atoms with van der Waals surface area (Å²) in [6.45, 7) is 1.17. The molecule has 0 radical (unpaired) electrons. The Hall–Kier alpha value is -1.42. The zero-order valence-electron chi connectivity index (χ0n) is 7.79. The van der Waals surface area contributed by atoms with Crippen LogP contribution >= 0.6 is 0 Å².